The maximum absolute atomic E-state index is 12.8. The fourth-order valence-electron chi connectivity index (χ4n) is 2.64. The number of hydrogen-bond acceptors (Lipinski definition) is 5. The third-order valence-corrected chi connectivity index (χ3v) is 4.75. The molecule has 0 bridgehead atoms. The van der Waals surface area contributed by atoms with Crippen LogP contribution in [0.3, 0.4) is 0 Å². The van der Waals surface area contributed by atoms with Gasteiger partial charge in [0.05, 0.1) is 12.2 Å². The average molecular weight is 472 g/mol. The Balaban J connectivity index is 1.70. The van der Waals surface area contributed by atoms with E-state index in [2.05, 4.69) is 4.98 Å². The van der Waals surface area contributed by atoms with Gasteiger partial charge in [-0.25, -0.2) is 9.78 Å². The third-order valence-electron chi connectivity index (χ3n) is 4.48. The molecule has 1 aromatic heterocycles. The summed E-state index contributed by atoms with van der Waals surface area (Å²) in [4.78, 5) is 14.5. The van der Waals surface area contributed by atoms with Crippen molar-refractivity contribution >= 4 is 23.6 Å². The molecular weight excluding hydrogens is 451 g/mol. The minimum absolute atomic E-state index is 0.124. The number of ether oxygens (including phenoxy) is 3. The van der Waals surface area contributed by atoms with Gasteiger partial charge >= 0.3 is 12.1 Å². The van der Waals surface area contributed by atoms with Crippen LogP contribution in [0.2, 0.25) is 5.02 Å². The zero-order valence-electron chi connectivity index (χ0n) is 16.9. The number of halogens is 4. The molecule has 3 rings (SSSR count). The minimum atomic E-state index is -4.60. The van der Waals surface area contributed by atoms with E-state index in [1.165, 1.54) is 25.0 Å². The first kappa shape index (κ1) is 23.9. The van der Waals surface area contributed by atoms with Gasteiger partial charge in [0, 0.05) is 43.5 Å². The van der Waals surface area contributed by atoms with E-state index in [1.807, 2.05) is 0 Å². The van der Waals surface area contributed by atoms with Crippen molar-refractivity contribution in [1.82, 2.24) is 4.98 Å². The van der Waals surface area contributed by atoms with Crippen LogP contribution in [0.1, 0.15) is 30.4 Å². The Kier molecular flexibility index (Phi) is 7.98. The van der Waals surface area contributed by atoms with Crippen molar-refractivity contribution in [3.05, 3.63) is 52.7 Å². The van der Waals surface area contributed by atoms with Crippen LogP contribution in [0.5, 0.6) is 17.4 Å². The molecule has 0 atom stereocenters. The van der Waals surface area contributed by atoms with Crippen LogP contribution in [-0.4, -0.2) is 35.9 Å². The van der Waals surface area contributed by atoms with Crippen molar-refractivity contribution in [1.29, 1.82) is 0 Å². The van der Waals surface area contributed by atoms with Crippen LogP contribution < -0.4 is 9.47 Å². The topological polar surface area (TPSA) is 77.9 Å². The monoisotopic (exact) mass is 471 g/mol. The number of aromatic nitrogens is 1. The van der Waals surface area contributed by atoms with Gasteiger partial charge < -0.3 is 19.3 Å². The zero-order valence-corrected chi connectivity index (χ0v) is 17.7. The van der Waals surface area contributed by atoms with Crippen LogP contribution in [0.25, 0.3) is 6.08 Å². The molecule has 1 saturated carbocycles. The summed E-state index contributed by atoms with van der Waals surface area (Å²) >= 11 is 5.92. The van der Waals surface area contributed by atoms with E-state index >= 15 is 0 Å². The number of hydrogen-bond donors (Lipinski definition) is 1. The number of alkyl halides is 3. The summed E-state index contributed by atoms with van der Waals surface area (Å²) in [5, 5.41) is 8.54. The summed E-state index contributed by atoms with van der Waals surface area (Å²) in [6.45, 7) is 1.72. The molecule has 0 amide bonds. The SMILES string of the molecule is O=C(O)/C=C/c1ccc(OCCCOCC2CC2)cc1Oc1ncc(C(F)(F)F)cc1Cl. The number of carbonyl (C=O) groups is 1. The van der Waals surface area contributed by atoms with Gasteiger partial charge in [-0.05, 0) is 43.0 Å². The minimum Gasteiger partial charge on any atom is -0.493 e. The van der Waals surface area contributed by atoms with E-state index in [-0.39, 0.29) is 16.7 Å². The number of carboxylic acids is 1. The first-order valence-electron chi connectivity index (χ1n) is 9.88. The highest BCUT2D eigenvalue weighted by Crippen LogP contribution is 2.36. The Bertz CT molecular complexity index is 977. The van der Waals surface area contributed by atoms with Crippen molar-refractivity contribution in [2.24, 2.45) is 5.92 Å². The molecule has 32 heavy (non-hydrogen) atoms. The number of pyridine rings is 1. The van der Waals surface area contributed by atoms with Gasteiger partial charge in [0.25, 0.3) is 0 Å². The number of benzene rings is 1. The van der Waals surface area contributed by atoms with Crippen LogP contribution >= 0.6 is 11.6 Å². The molecule has 1 fully saturated rings. The summed E-state index contributed by atoms with van der Waals surface area (Å²) < 4.78 is 55.3. The Morgan fingerprint density at radius 2 is 2.03 bits per heavy atom. The molecule has 0 radical (unpaired) electrons. The van der Waals surface area contributed by atoms with Crippen LogP contribution in [0.4, 0.5) is 13.2 Å². The summed E-state index contributed by atoms with van der Waals surface area (Å²) in [5.41, 5.74) is -0.660. The summed E-state index contributed by atoms with van der Waals surface area (Å²) in [6.07, 6.45) is 1.32. The second-order valence-corrected chi connectivity index (χ2v) is 7.61. The van der Waals surface area contributed by atoms with Crippen molar-refractivity contribution < 1.29 is 37.3 Å². The second-order valence-electron chi connectivity index (χ2n) is 7.20. The lowest BCUT2D eigenvalue weighted by atomic mass is 10.1. The van der Waals surface area contributed by atoms with E-state index in [4.69, 9.17) is 30.9 Å². The standard InChI is InChI=1S/C22H21ClF3NO5/c23-18-10-16(22(24,25)26)12-27-21(18)32-19-11-17(6-4-15(19)5-7-20(28)29)31-9-1-8-30-13-14-2-3-14/h4-7,10-12,14H,1-3,8-9,13H2,(H,28,29)/b7-5+. The Morgan fingerprint density at radius 3 is 2.69 bits per heavy atom. The van der Waals surface area contributed by atoms with Gasteiger partial charge in [-0.3, -0.25) is 0 Å². The largest absolute Gasteiger partial charge is 0.493 e. The number of aliphatic carboxylic acids is 1. The predicted octanol–water partition coefficient (Wildman–Crippen LogP) is 5.84. The zero-order chi connectivity index (χ0) is 23.1. The highest BCUT2D eigenvalue weighted by molar-refractivity contribution is 6.31. The molecule has 6 nitrogen and oxygen atoms in total. The predicted molar refractivity (Wildman–Crippen MR) is 111 cm³/mol. The maximum Gasteiger partial charge on any atom is 0.417 e. The third kappa shape index (κ3) is 7.42. The van der Waals surface area contributed by atoms with Crippen molar-refractivity contribution in [2.45, 2.75) is 25.4 Å². The highest BCUT2D eigenvalue weighted by Gasteiger charge is 2.32. The van der Waals surface area contributed by atoms with Gasteiger partial charge in [0.2, 0.25) is 5.88 Å². The van der Waals surface area contributed by atoms with Crippen molar-refractivity contribution in [3.8, 4) is 17.4 Å². The lowest BCUT2D eigenvalue weighted by molar-refractivity contribution is -0.138. The van der Waals surface area contributed by atoms with E-state index in [9.17, 15) is 18.0 Å². The fraction of sp³-hybridized carbons (Fsp3) is 0.364. The normalized spacial score (nSPS) is 14.0. The smallest absolute Gasteiger partial charge is 0.417 e. The molecule has 172 valence electrons. The summed E-state index contributed by atoms with van der Waals surface area (Å²) in [7, 11) is 0. The van der Waals surface area contributed by atoms with Gasteiger partial charge in [0.1, 0.15) is 16.5 Å². The second kappa shape index (κ2) is 10.7. The van der Waals surface area contributed by atoms with E-state index in [0.29, 0.717) is 49.1 Å². The fourth-order valence-corrected chi connectivity index (χ4v) is 2.84. The Labute approximate surface area is 187 Å². The lowest BCUT2D eigenvalue weighted by Crippen LogP contribution is -2.06. The quantitative estimate of drug-likeness (QED) is 0.328. The lowest BCUT2D eigenvalue weighted by Gasteiger charge is -2.13. The molecule has 2 aromatic rings. The highest BCUT2D eigenvalue weighted by atomic mass is 35.5. The molecule has 1 aliphatic rings. The van der Waals surface area contributed by atoms with Crippen molar-refractivity contribution in [2.75, 3.05) is 19.8 Å². The van der Waals surface area contributed by atoms with E-state index in [1.54, 1.807) is 12.1 Å². The van der Waals surface area contributed by atoms with E-state index < -0.39 is 17.7 Å². The molecule has 0 aliphatic heterocycles. The first-order chi connectivity index (χ1) is 15.2. The van der Waals surface area contributed by atoms with E-state index in [0.717, 1.165) is 12.7 Å². The molecular formula is C22H21ClF3NO5. The molecule has 0 spiro atoms. The summed E-state index contributed by atoms with van der Waals surface area (Å²) in [5.74, 6) is -0.187. The molecule has 0 unspecified atom stereocenters. The molecule has 1 heterocycles. The average Bonchev–Trinajstić information content (AvgIpc) is 3.55. The Hall–Kier alpha value is -2.78. The van der Waals surface area contributed by atoms with Crippen LogP contribution in [0, 0.1) is 5.92 Å². The first-order valence-corrected chi connectivity index (χ1v) is 10.3. The summed E-state index contributed by atoms with van der Waals surface area (Å²) in [6, 6.07) is 5.38. The van der Waals surface area contributed by atoms with Gasteiger partial charge in [0.15, 0.2) is 0 Å². The van der Waals surface area contributed by atoms with Crippen molar-refractivity contribution in [3.63, 3.8) is 0 Å². The Morgan fingerprint density at radius 1 is 1.25 bits per heavy atom. The molecule has 1 aromatic carbocycles. The number of rotatable bonds is 11. The maximum atomic E-state index is 12.8. The molecule has 1 N–H and O–H groups in total. The number of carboxylic acid groups (broad SMARTS) is 1. The molecule has 0 saturated heterocycles. The van der Waals surface area contributed by atoms with Gasteiger partial charge in [-0.1, -0.05) is 11.6 Å². The van der Waals surface area contributed by atoms with Gasteiger partial charge in [-0.15, -0.1) is 0 Å². The van der Waals surface area contributed by atoms with Crippen LogP contribution in [0.15, 0.2) is 36.5 Å². The molecule has 1 aliphatic carbocycles. The van der Waals surface area contributed by atoms with Crippen LogP contribution in [-0.2, 0) is 15.7 Å². The number of nitrogens with zero attached hydrogens (tertiary/aromatic N) is 1. The molecule has 10 heteroatoms. The van der Waals surface area contributed by atoms with Gasteiger partial charge in [-0.2, -0.15) is 13.2 Å².